The topological polar surface area (TPSA) is 66.9 Å². The highest BCUT2D eigenvalue weighted by atomic mass is 32.2. The smallest absolute Gasteiger partial charge is 0.308 e. The number of nitrogens with zero attached hydrogens (tertiary/aromatic N) is 2. The summed E-state index contributed by atoms with van der Waals surface area (Å²) in [6, 6.07) is 5.48. The van der Waals surface area contributed by atoms with Crippen LogP contribution in [0.4, 0.5) is 15.6 Å². The van der Waals surface area contributed by atoms with Crippen molar-refractivity contribution in [3.8, 4) is 0 Å². The largest absolute Gasteiger partial charge is 0.325 e. The van der Waals surface area contributed by atoms with Crippen molar-refractivity contribution in [3.63, 3.8) is 0 Å². The Morgan fingerprint density at radius 2 is 2.05 bits per heavy atom. The molecule has 7 heteroatoms. The molecule has 0 aliphatic carbocycles. The normalized spacial score (nSPS) is 10.3. The fourth-order valence-electron chi connectivity index (χ4n) is 1.52. The van der Waals surface area contributed by atoms with E-state index in [-0.39, 0.29) is 6.03 Å². The molecule has 1 aromatic heterocycles. The van der Waals surface area contributed by atoms with Crippen LogP contribution in [-0.2, 0) is 0 Å². The number of carbonyl (C=O) groups is 1. The lowest BCUT2D eigenvalue weighted by Crippen LogP contribution is -2.19. The van der Waals surface area contributed by atoms with Crippen LogP contribution in [0, 0.1) is 13.8 Å². The van der Waals surface area contributed by atoms with E-state index in [0.29, 0.717) is 5.13 Å². The molecule has 0 spiro atoms. The maximum atomic E-state index is 11.9. The molecular weight excluding hydrogens is 292 g/mol. The first-order valence-corrected chi connectivity index (χ1v) is 8.00. The Hall–Kier alpha value is -1.60. The van der Waals surface area contributed by atoms with Crippen LogP contribution in [0.5, 0.6) is 0 Å². The minimum absolute atomic E-state index is 0.308. The number of hydrogen-bond donors (Lipinski definition) is 2. The number of benzene rings is 1. The molecule has 2 amide bonds. The third-order valence-electron chi connectivity index (χ3n) is 2.66. The number of thioether (sulfide) groups is 1. The van der Waals surface area contributed by atoms with Crippen molar-refractivity contribution < 1.29 is 4.79 Å². The van der Waals surface area contributed by atoms with Crippen LogP contribution >= 0.6 is 23.1 Å². The molecule has 2 N–H and O–H groups in total. The third kappa shape index (κ3) is 3.94. The maximum Gasteiger partial charge on any atom is 0.325 e. The number of nitrogens with one attached hydrogen (secondary N) is 2. The quantitative estimate of drug-likeness (QED) is 0.664. The number of aryl methyl sites for hydroxylation is 2. The highest BCUT2D eigenvalue weighted by Crippen LogP contribution is 2.25. The number of anilines is 2. The van der Waals surface area contributed by atoms with E-state index >= 15 is 0 Å². The summed E-state index contributed by atoms with van der Waals surface area (Å²) in [5.74, 6) is 0.934. The van der Waals surface area contributed by atoms with Crippen molar-refractivity contribution in [2.75, 3.05) is 16.4 Å². The molecule has 0 atom stereocenters. The second kappa shape index (κ2) is 6.71. The van der Waals surface area contributed by atoms with Crippen molar-refractivity contribution in [2.45, 2.75) is 25.1 Å². The molecule has 0 radical (unpaired) electrons. The lowest BCUT2D eigenvalue weighted by Gasteiger charge is -2.07. The summed E-state index contributed by atoms with van der Waals surface area (Å²) in [6.45, 7) is 6.09. The summed E-state index contributed by atoms with van der Waals surface area (Å²) in [4.78, 5) is 11.9. The van der Waals surface area contributed by atoms with Crippen molar-refractivity contribution >= 4 is 39.9 Å². The van der Waals surface area contributed by atoms with Crippen molar-refractivity contribution in [1.29, 1.82) is 0 Å². The highest BCUT2D eigenvalue weighted by Gasteiger charge is 2.08. The van der Waals surface area contributed by atoms with Gasteiger partial charge in [-0.1, -0.05) is 36.1 Å². The zero-order valence-electron chi connectivity index (χ0n) is 11.6. The van der Waals surface area contributed by atoms with Gasteiger partial charge in [0, 0.05) is 5.69 Å². The molecule has 0 fully saturated rings. The Balaban J connectivity index is 1.95. The monoisotopic (exact) mass is 308 g/mol. The van der Waals surface area contributed by atoms with E-state index in [1.165, 1.54) is 16.9 Å². The Morgan fingerprint density at radius 3 is 2.75 bits per heavy atom. The van der Waals surface area contributed by atoms with E-state index in [1.807, 2.05) is 39.0 Å². The van der Waals surface area contributed by atoms with E-state index in [0.717, 1.165) is 21.3 Å². The van der Waals surface area contributed by atoms with Gasteiger partial charge in [-0.3, -0.25) is 5.32 Å². The number of hydrogen-bond acceptors (Lipinski definition) is 5. The number of rotatable bonds is 4. The van der Waals surface area contributed by atoms with Crippen LogP contribution in [0.3, 0.4) is 0 Å². The van der Waals surface area contributed by atoms with E-state index in [2.05, 4.69) is 20.8 Å². The van der Waals surface area contributed by atoms with E-state index < -0.39 is 0 Å². The van der Waals surface area contributed by atoms with Gasteiger partial charge < -0.3 is 5.32 Å². The zero-order chi connectivity index (χ0) is 14.5. The first-order valence-electron chi connectivity index (χ1n) is 6.20. The Bertz CT molecular complexity index is 612. The molecule has 5 nitrogen and oxygen atoms in total. The predicted octanol–water partition coefficient (Wildman–Crippen LogP) is 3.91. The molecule has 20 heavy (non-hydrogen) atoms. The van der Waals surface area contributed by atoms with Crippen LogP contribution in [0.25, 0.3) is 0 Å². The summed E-state index contributed by atoms with van der Waals surface area (Å²) in [6.07, 6.45) is 0. The van der Waals surface area contributed by atoms with Gasteiger partial charge in [-0.2, -0.15) is 0 Å². The molecular formula is C13H16N4OS2. The first kappa shape index (κ1) is 14.8. The van der Waals surface area contributed by atoms with Crippen molar-refractivity contribution in [2.24, 2.45) is 0 Å². The summed E-state index contributed by atoms with van der Waals surface area (Å²) in [5, 5.41) is 13.9. The Kier molecular flexibility index (Phi) is 4.97. The van der Waals surface area contributed by atoms with Gasteiger partial charge in [0.15, 0.2) is 4.34 Å². The number of aromatic nitrogens is 2. The molecule has 2 rings (SSSR count). The fourth-order valence-corrected chi connectivity index (χ4v) is 3.16. The van der Waals surface area contributed by atoms with Crippen LogP contribution in [-0.4, -0.2) is 22.0 Å². The molecule has 1 heterocycles. The molecule has 106 valence electrons. The SMILES string of the molecule is CCSc1nnc(NC(=O)Nc2ccc(C)c(C)c2)s1. The number of carbonyl (C=O) groups excluding carboxylic acids is 1. The van der Waals surface area contributed by atoms with Crippen LogP contribution in [0.2, 0.25) is 0 Å². The summed E-state index contributed by atoms with van der Waals surface area (Å²) in [5.41, 5.74) is 3.10. The average molecular weight is 308 g/mol. The molecule has 0 unspecified atom stereocenters. The lowest BCUT2D eigenvalue weighted by atomic mass is 10.1. The second-order valence-electron chi connectivity index (χ2n) is 4.18. The molecule has 2 aromatic rings. The van der Waals surface area contributed by atoms with Gasteiger partial charge in [0.1, 0.15) is 0 Å². The van der Waals surface area contributed by atoms with E-state index in [9.17, 15) is 4.79 Å². The second-order valence-corrected chi connectivity index (χ2v) is 6.67. The Morgan fingerprint density at radius 1 is 1.25 bits per heavy atom. The van der Waals surface area contributed by atoms with Gasteiger partial charge in [-0.05, 0) is 42.9 Å². The summed E-state index contributed by atoms with van der Waals surface area (Å²) in [7, 11) is 0. The van der Waals surface area contributed by atoms with Gasteiger partial charge in [0.2, 0.25) is 5.13 Å². The minimum atomic E-state index is -0.308. The molecule has 0 saturated carbocycles. The number of urea groups is 1. The lowest BCUT2D eigenvalue weighted by molar-refractivity contribution is 0.262. The zero-order valence-corrected chi connectivity index (χ0v) is 13.2. The van der Waals surface area contributed by atoms with Crippen LogP contribution in [0.15, 0.2) is 22.5 Å². The Labute approximate surface area is 126 Å². The first-order chi connectivity index (χ1) is 9.58. The fraction of sp³-hybridized carbons (Fsp3) is 0.308. The highest BCUT2D eigenvalue weighted by molar-refractivity contribution is 8.01. The van der Waals surface area contributed by atoms with Crippen molar-refractivity contribution in [1.82, 2.24) is 10.2 Å². The standard InChI is InChI=1S/C13H16N4OS2/c1-4-19-13-17-16-12(20-13)15-11(18)14-10-6-5-8(2)9(3)7-10/h5-7H,4H2,1-3H3,(H2,14,15,16,18). The van der Waals surface area contributed by atoms with Crippen molar-refractivity contribution in [3.05, 3.63) is 29.3 Å². The van der Waals surface area contributed by atoms with Gasteiger partial charge in [-0.25, -0.2) is 4.79 Å². The third-order valence-corrected chi connectivity index (χ3v) is 4.51. The molecule has 0 bridgehead atoms. The van der Waals surface area contributed by atoms with Gasteiger partial charge in [0.05, 0.1) is 0 Å². The van der Waals surface area contributed by atoms with Gasteiger partial charge >= 0.3 is 6.03 Å². The van der Waals surface area contributed by atoms with Gasteiger partial charge in [0.25, 0.3) is 0 Å². The van der Waals surface area contributed by atoms with Crippen LogP contribution in [0.1, 0.15) is 18.1 Å². The van der Waals surface area contributed by atoms with E-state index in [1.54, 1.807) is 11.8 Å². The molecule has 0 aliphatic rings. The minimum Gasteiger partial charge on any atom is -0.308 e. The number of amides is 2. The van der Waals surface area contributed by atoms with Crippen LogP contribution < -0.4 is 10.6 Å². The van der Waals surface area contributed by atoms with E-state index in [4.69, 9.17) is 0 Å². The summed E-state index contributed by atoms with van der Waals surface area (Å²) >= 11 is 2.97. The maximum absolute atomic E-state index is 11.9. The average Bonchev–Trinajstić information content (AvgIpc) is 2.81. The predicted molar refractivity (Wildman–Crippen MR) is 84.9 cm³/mol. The summed E-state index contributed by atoms with van der Waals surface area (Å²) < 4.78 is 0.856. The van der Waals surface area contributed by atoms with Gasteiger partial charge in [-0.15, -0.1) is 10.2 Å². The molecule has 0 saturated heterocycles. The molecule has 0 aliphatic heterocycles. The molecule has 1 aromatic carbocycles.